The van der Waals surface area contributed by atoms with Crippen LogP contribution in [0.3, 0.4) is 0 Å². The summed E-state index contributed by atoms with van der Waals surface area (Å²) in [7, 11) is 0. The molecular weight excluding hydrogens is 332 g/mol. The topological polar surface area (TPSA) is 48.2 Å². The molecule has 0 aliphatic carbocycles. The van der Waals surface area contributed by atoms with E-state index in [1.807, 2.05) is 55.5 Å². The Labute approximate surface area is 130 Å². The normalized spacial score (nSPS) is 10.6. The number of hydrogen-bond acceptors (Lipinski definition) is 4. The van der Waals surface area contributed by atoms with Crippen molar-refractivity contribution in [3.63, 3.8) is 0 Å². The van der Waals surface area contributed by atoms with Crippen molar-refractivity contribution < 1.29 is 9.15 Å². The molecule has 0 spiro atoms. The van der Waals surface area contributed by atoms with Gasteiger partial charge in [-0.3, -0.25) is 0 Å². The van der Waals surface area contributed by atoms with Crippen LogP contribution >= 0.6 is 15.9 Å². The zero-order chi connectivity index (χ0) is 14.7. The van der Waals surface area contributed by atoms with Gasteiger partial charge in [0.05, 0.1) is 0 Å². The molecule has 0 amide bonds. The number of rotatable bonds is 4. The van der Waals surface area contributed by atoms with Gasteiger partial charge in [-0.2, -0.15) is 0 Å². The number of hydrogen-bond donors (Lipinski definition) is 0. The molecule has 0 aliphatic rings. The van der Waals surface area contributed by atoms with Crippen molar-refractivity contribution in [3.8, 4) is 17.2 Å². The molecule has 0 saturated carbocycles. The summed E-state index contributed by atoms with van der Waals surface area (Å²) in [6, 6.07) is 15.5. The highest BCUT2D eigenvalue weighted by atomic mass is 79.9. The summed E-state index contributed by atoms with van der Waals surface area (Å²) in [5, 5.41) is 8.02. The first-order valence-corrected chi connectivity index (χ1v) is 7.28. The third-order valence-electron chi connectivity index (χ3n) is 2.94. The van der Waals surface area contributed by atoms with Crippen LogP contribution < -0.4 is 4.74 Å². The maximum Gasteiger partial charge on any atom is 0.254 e. The van der Waals surface area contributed by atoms with Crippen molar-refractivity contribution in [2.75, 3.05) is 0 Å². The van der Waals surface area contributed by atoms with Crippen LogP contribution in [-0.4, -0.2) is 10.2 Å². The van der Waals surface area contributed by atoms with E-state index in [0.29, 0.717) is 11.8 Å². The SMILES string of the molecule is Cc1ccc(OCc2nnc(-c3ccc(Br)cc3)o2)cc1. The summed E-state index contributed by atoms with van der Waals surface area (Å²) in [4.78, 5) is 0. The Kier molecular flexibility index (Phi) is 4.01. The fourth-order valence-corrected chi connectivity index (χ4v) is 2.06. The standard InChI is InChI=1S/C16H13BrN2O2/c1-11-2-8-14(9-3-11)20-10-15-18-19-16(21-15)12-4-6-13(17)7-5-12/h2-9H,10H2,1H3. The van der Waals surface area contributed by atoms with E-state index in [1.165, 1.54) is 5.56 Å². The fraction of sp³-hybridized carbons (Fsp3) is 0.125. The monoisotopic (exact) mass is 344 g/mol. The molecule has 3 aromatic rings. The van der Waals surface area contributed by atoms with Gasteiger partial charge in [0, 0.05) is 10.0 Å². The molecule has 0 saturated heterocycles. The fourth-order valence-electron chi connectivity index (χ4n) is 1.80. The Balaban J connectivity index is 1.67. The van der Waals surface area contributed by atoms with Gasteiger partial charge in [-0.15, -0.1) is 10.2 Å². The molecule has 2 aromatic carbocycles. The smallest absolute Gasteiger partial charge is 0.254 e. The predicted octanol–water partition coefficient (Wildman–Crippen LogP) is 4.39. The van der Waals surface area contributed by atoms with E-state index in [0.717, 1.165) is 15.8 Å². The number of halogens is 1. The summed E-state index contributed by atoms with van der Waals surface area (Å²) >= 11 is 3.39. The molecule has 0 unspecified atom stereocenters. The first-order chi connectivity index (χ1) is 10.2. The maximum absolute atomic E-state index is 5.61. The summed E-state index contributed by atoms with van der Waals surface area (Å²) in [5.41, 5.74) is 2.07. The third-order valence-corrected chi connectivity index (χ3v) is 3.47. The molecule has 5 heteroatoms. The second-order valence-corrected chi connectivity index (χ2v) is 5.53. The lowest BCUT2D eigenvalue weighted by Gasteiger charge is -2.02. The molecule has 0 fully saturated rings. The Morgan fingerprint density at radius 2 is 1.71 bits per heavy atom. The zero-order valence-corrected chi connectivity index (χ0v) is 13.0. The van der Waals surface area contributed by atoms with Crippen molar-refractivity contribution in [2.24, 2.45) is 0 Å². The zero-order valence-electron chi connectivity index (χ0n) is 11.4. The van der Waals surface area contributed by atoms with E-state index < -0.39 is 0 Å². The third kappa shape index (κ3) is 3.49. The molecule has 0 aliphatic heterocycles. The maximum atomic E-state index is 5.61. The van der Waals surface area contributed by atoms with Gasteiger partial charge in [0.1, 0.15) is 5.75 Å². The lowest BCUT2D eigenvalue weighted by atomic mass is 10.2. The van der Waals surface area contributed by atoms with Crippen LogP contribution in [0.4, 0.5) is 0 Å². The molecule has 0 bridgehead atoms. The first kappa shape index (κ1) is 13.8. The van der Waals surface area contributed by atoms with Crippen LogP contribution in [0.15, 0.2) is 57.4 Å². The summed E-state index contributed by atoms with van der Waals surface area (Å²) in [6.45, 7) is 2.29. The number of aromatic nitrogens is 2. The van der Waals surface area contributed by atoms with Gasteiger partial charge in [0.2, 0.25) is 5.89 Å². The van der Waals surface area contributed by atoms with Gasteiger partial charge in [-0.1, -0.05) is 33.6 Å². The van der Waals surface area contributed by atoms with Crippen LogP contribution in [-0.2, 0) is 6.61 Å². The Morgan fingerprint density at radius 3 is 2.43 bits per heavy atom. The highest BCUT2D eigenvalue weighted by Crippen LogP contribution is 2.21. The van der Waals surface area contributed by atoms with Gasteiger partial charge >= 0.3 is 0 Å². The van der Waals surface area contributed by atoms with E-state index in [4.69, 9.17) is 9.15 Å². The van der Waals surface area contributed by atoms with Crippen molar-refractivity contribution in [2.45, 2.75) is 13.5 Å². The molecule has 21 heavy (non-hydrogen) atoms. The van der Waals surface area contributed by atoms with Crippen LogP contribution in [0.1, 0.15) is 11.5 Å². The summed E-state index contributed by atoms with van der Waals surface area (Å²) < 4.78 is 12.2. The van der Waals surface area contributed by atoms with Crippen LogP contribution in [0.25, 0.3) is 11.5 Å². The average Bonchev–Trinajstić information content (AvgIpc) is 2.96. The van der Waals surface area contributed by atoms with E-state index in [2.05, 4.69) is 26.1 Å². The minimum Gasteiger partial charge on any atom is -0.484 e. The largest absolute Gasteiger partial charge is 0.484 e. The van der Waals surface area contributed by atoms with Gasteiger partial charge in [-0.05, 0) is 43.3 Å². The van der Waals surface area contributed by atoms with Gasteiger partial charge in [0.25, 0.3) is 5.89 Å². The van der Waals surface area contributed by atoms with E-state index in [9.17, 15) is 0 Å². The van der Waals surface area contributed by atoms with Gasteiger partial charge < -0.3 is 9.15 Å². The van der Waals surface area contributed by atoms with E-state index in [-0.39, 0.29) is 6.61 Å². The molecule has 0 atom stereocenters. The highest BCUT2D eigenvalue weighted by Gasteiger charge is 2.09. The van der Waals surface area contributed by atoms with Crippen molar-refractivity contribution >= 4 is 15.9 Å². The molecule has 1 aromatic heterocycles. The Bertz CT molecular complexity index is 721. The first-order valence-electron chi connectivity index (χ1n) is 6.48. The summed E-state index contributed by atoms with van der Waals surface area (Å²) in [6.07, 6.45) is 0. The van der Waals surface area contributed by atoms with Crippen molar-refractivity contribution in [1.82, 2.24) is 10.2 Å². The number of ether oxygens (including phenoxy) is 1. The highest BCUT2D eigenvalue weighted by molar-refractivity contribution is 9.10. The van der Waals surface area contributed by atoms with E-state index in [1.54, 1.807) is 0 Å². The predicted molar refractivity (Wildman–Crippen MR) is 82.9 cm³/mol. The van der Waals surface area contributed by atoms with Crippen LogP contribution in [0, 0.1) is 6.92 Å². The number of nitrogens with zero attached hydrogens (tertiary/aromatic N) is 2. The van der Waals surface area contributed by atoms with Gasteiger partial charge in [0.15, 0.2) is 6.61 Å². The molecule has 3 rings (SSSR count). The summed E-state index contributed by atoms with van der Waals surface area (Å²) in [5.74, 6) is 1.72. The van der Waals surface area contributed by atoms with Crippen molar-refractivity contribution in [3.05, 3.63) is 64.5 Å². The lowest BCUT2D eigenvalue weighted by molar-refractivity contribution is 0.264. The molecule has 106 valence electrons. The Morgan fingerprint density at radius 1 is 1.00 bits per heavy atom. The molecular formula is C16H13BrN2O2. The Hall–Kier alpha value is -2.14. The number of aryl methyl sites for hydroxylation is 1. The van der Waals surface area contributed by atoms with Gasteiger partial charge in [-0.25, -0.2) is 0 Å². The molecule has 4 nitrogen and oxygen atoms in total. The average molecular weight is 345 g/mol. The molecule has 0 radical (unpaired) electrons. The second kappa shape index (κ2) is 6.10. The second-order valence-electron chi connectivity index (χ2n) is 4.61. The van der Waals surface area contributed by atoms with Crippen molar-refractivity contribution in [1.29, 1.82) is 0 Å². The molecule has 0 N–H and O–H groups in total. The van der Waals surface area contributed by atoms with E-state index >= 15 is 0 Å². The minimum atomic E-state index is 0.257. The lowest BCUT2D eigenvalue weighted by Crippen LogP contribution is -1.95. The van der Waals surface area contributed by atoms with Crippen LogP contribution in [0.5, 0.6) is 5.75 Å². The van der Waals surface area contributed by atoms with Crippen LogP contribution in [0.2, 0.25) is 0 Å². The molecule has 1 heterocycles. The number of benzene rings is 2. The quantitative estimate of drug-likeness (QED) is 0.704. The minimum absolute atomic E-state index is 0.257.